The van der Waals surface area contributed by atoms with Crippen LogP contribution in [0.15, 0.2) is 47.4 Å². The van der Waals surface area contributed by atoms with Crippen LogP contribution in [-0.2, 0) is 9.84 Å². The summed E-state index contributed by atoms with van der Waals surface area (Å²) >= 11 is 0. The highest BCUT2D eigenvalue weighted by molar-refractivity contribution is 7.92. The van der Waals surface area contributed by atoms with Crippen LogP contribution in [-0.4, -0.2) is 45.0 Å². The minimum absolute atomic E-state index is 0.0369. The molecule has 0 radical (unpaired) electrons. The number of benzene rings is 2. The number of nitro groups is 1. The van der Waals surface area contributed by atoms with Crippen LogP contribution in [0.3, 0.4) is 0 Å². The number of nitro benzene ring substituents is 1. The van der Waals surface area contributed by atoms with Gasteiger partial charge in [0, 0.05) is 37.9 Å². The van der Waals surface area contributed by atoms with Crippen molar-refractivity contribution in [2.75, 3.05) is 36.0 Å². The molecule has 1 aliphatic rings. The Morgan fingerprint density at radius 2 is 1.48 bits per heavy atom. The smallest absolute Gasteiger partial charge is 0.368 e. The first kappa shape index (κ1) is 20.8. The molecule has 1 heterocycles. The third-order valence-electron chi connectivity index (χ3n) is 4.57. The molecule has 1 fully saturated rings. The fourth-order valence-electron chi connectivity index (χ4n) is 3.08. The van der Waals surface area contributed by atoms with Gasteiger partial charge in [-0.05, 0) is 36.4 Å². The van der Waals surface area contributed by atoms with Crippen LogP contribution in [0, 0.1) is 15.9 Å². The van der Waals surface area contributed by atoms with Crippen LogP contribution in [0.4, 0.5) is 34.6 Å². The monoisotopic (exact) mass is 433 g/mol. The zero-order valence-electron chi connectivity index (χ0n) is 14.8. The molecule has 7 nitrogen and oxygen atoms in total. The number of anilines is 2. The van der Waals surface area contributed by atoms with E-state index >= 15 is 0 Å². The van der Waals surface area contributed by atoms with E-state index < -0.39 is 30.9 Å². The summed E-state index contributed by atoms with van der Waals surface area (Å²) in [6.07, 6.45) is 0. The van der Waals surface area contributed by atoms with Gasteiger partial charge in [0.15, 0.2) is 0 Å². The van der Waals surface area contributed by atoms with Crippen molar-refractivity contribution >= 4 is 26.9 Å². The van der Waals surface area contributed by atoms with Crippen LogP contribution in [0.25, 0.3) is 0 Å². The number of alkyl halides is 3. The van der Waals surface area contributed by atoms with Gasteiger partial charge in [0.25, 0.3) is 15.5 Å². The Balaban J connectivity index is 1.84. The second-order valence-corrected chi connectivity index (χ2v) is 8.25. The second-order valence-electron chi connectivity index (χ2n) is 6.31. The fourth-order valence-corrected chi connectivity index (χ4v) is 3.86. The van der Waals surface area contributed by atoms with Crippen LogP contribution < -0.4 is 9.80 Å². The largest absolute Gasteiger partial charge is 0.501 e. The predicted octanol–water partition coefficient (Wildman–Crippen LogP) is 3.35. The molecule has 0 spiro atoms. The van der Waals surface area contributed by atoms with Gasteiger partial charge in [-0.1, -0.05) is 0 Å². The molecular weight excluding hydrogens is 418 g/mol. The third-order valence-corrected chi connectivity index (χ3v) is 6.05. The number of sulfone groups is 1. The van der Waals surface area contributed by atoms with Gasteiger partial charge < -0.3 is 9.80 Å². The van der Waals surface area contributed by atoms with Crippen molar-refractivity contribution in [3.05, 3.63) is 58.4 Å². The molecule has 2 aromatic rings. The second kappa shape index (κ2) is 7.50. The normalized spacial score (nSPS) is 15.4. The number of hydrogen-bond acceptors (Lipinski definition) is 6. The molecule has 29 heavy (non-hydrogen) atoms. The lowest BCUT2D eigenvalue weighted by Crippen LogP contribution is -2.46. The van der Waals surface area contributed by atoms with Crippen molar-refractivity contribution < 1.29 is 30.9 Å². The van der Waals surface area contributed by atoms with Crippen LogP contribution in [0.5, 0.6) is 0 Å². The predicted molar refractivity (Wildman–Crippen MR) is 97.2 cm³/mol. The highest BCUT2D eigenvalue weighted by atomic mass is 32.2. The highest BCUT2D eigenvalue weighted by Gasteiger charge is 2.47. The SMILES string of the molecule is O=[N+]([O-])c1cc(S(=O)(=O)C(F)(F)F)ccc1N1CCN(c2ccc(F)cc2)CC1. The molecular formula is C17H15F4N3O4S. The van der Waals surface area contributed by atoms with E-state index in [0.29, 0.717) is 32.2 Å². The van der Waals surface area contributed by atoms with Gasteiger partial charge in [-0.15, -0.1) is 0 Å². The van der Waals surface area contributed by atoms with Crippen molar-refractivity contribution in [3.8, 4) is 0 Å². The summed E-state index contributed by atoms with van der Waals surface area (Å²) in [5.74, 6) is -0.378. The average molecular weight is 433 g/mol. The van der Waals surface area contributed by atoms with Crippen LogP contribution in [0.2, 0.25) is 0 Å². The molecule has 0 atom stereocenters. The summed E-state index contributed by atoms with van der Waals surface area (Å²) in [6, 6.07) is 8.00. The molecule has 0 aromatic heterocycles. The van der Waals surface area contributed by atoms with E-state index in [9.17, 15) is 36.1 Å². The van der Waals surface area contributed by atoms with E-state index in [0.717, 1.165) is 17.8 Å². The van der Waals surface area contributed by atoms with E-state index in [1.54, 1.807) is 17.0 Å². The Bertz CT molecular complexity index is 1020. The van der Waals surface area contributed by atoms with Gasteiger partial charge in [-0.2, -0.15) is 13.2 Å². The van der Waals surface area contributed by atoms with Crippen molar-refractivity contribution in [2.45, 2.75) is 10.4 Å². The number of piperazine rings is 1. The van der Waals surface area contributed by atoms with E-state index in [4.69, 9.17) is 0 Å². The maximum absolute atomic E-state index is 13.0. The molecule has 0 unspecified atom stereocenters. The Kier molecular flexibility index (Phi) is 5.39. The quantitative estimate of drug-likeness (QED) is 0.418. The van der Waals surface area contributed by atoms with Gasteiger partial charge in [-0.3, -0.25) is 10.1 Å². The van der Waals surface area contributed by atoms with Gasteiger partial charge in [0.2, 0.25) is 0 Å². The molecule has 0 aliphatic carbocycles. The number of rotatable bonds is 4. The molecule has 0 amide bonds. The molecule has 1 aliphatic heterocycles. The molecule has 3 rings (SSSR count). The maximum Gasteiger partial charge on any atom is 0.501 e. The summed E-state index contributed by atoms with van der Waals surface area (Å²) in [4.78, 5) is 12.8. The van der Waals surface area contributed by atoms with Crippen molar-refractivity contribution in [1.29, 1.82) is 0 Å². The van der Waals surface area contributed by atoms with Crippen molar-refractivity contribution in [1.82, 2.24) is 0 Å². The molecule has 2 aromatic carbocycles. The molecule has 0 bridgehead atoms. The lowest BCUT2D eigenvalue weighted by Gasteiger charge is -2.37. The highest BCUT2D eigenvalue weighted by Crippen LogP contribution is 2.36. The molecule has 0 N–H and O–H groups in total. The van der Waals surface area contributed by atoms with Gasteiger partial charge in [0.05, 0.1) is 9.82 Å². The van der Waals surface area contributed by atoms with E-state index in [2.05, 4.69) is 0 Å². The van der Waals surface area contributed by atoms with Gasteiger partial charge >= 0.3 is 5.51 Å². The lowest BCUT2D eigenvalue weighted by molar-refractivity contribution is -0.384. The molecule has 0 saturated carbocycles. The summed E-state index contributed by atoms with van der Waals surface area (Å²) in [5.41, 5.74) is -5.46. The topological polar surface area (TPSA) is 83.8 Å². The minimum Gasteiger partial charge on any atom is -0.368 e. The zero-order chi connectivity index (χ0) is 21.4. The van der Waals surface area contributed by atoms with Crippen LogP contribution >= 0.6 is 0 Å². The summed E-state index contributed by atoms with van der Waals surface area (Å²) < 4.78 is 74.4. The van der Waals surface area contributed by atoms with Gasteiger partial charge in [0.1, 0.15) is 11.5 Å². The van der Waals surface area contributed by atoms with E-state index in [-0.39, 0.29) is 11.5 Å². The number of nitrogens with zero attached hydrogens (tertiary/aromatic N) is 3. The van der Waals surface area contributed by atoms with Crippen molar-refractivity contribution in [3.63, 3.8) is 0 Å². The molecule has 1 saturated heterocycles. The first-order valence-corrected chi connectivity index (χ1v) is 9.84. The Morgan fingerprint density at radius 3 is 2.00 bits per heavy atom. The first-order valence-electron chi connectivity index (χ1n) is 8.36. The summed E-state index contributed by atoms with van der Waals surface area (Å²) in [6.45, 7) is 1.49. The van der Waals surface area contributed by atoms with E-state index in [1.807, 2.05) is 4.90 Å². The number of halogens is 4. The van der Waals surface area contributed by atoms with Gasteiger partial charge in [-0.25, -0.2) is 12.8 Å². The van der Waals surface area contributed by atoms with Crippen LogP contribution in [0.1, 0.15) is 0 Å². The summed E-state index contributed by atoms with van der Waals surface area (Å²) in [7, 11) is -5.69. The standard InChI is InChI=1S/C17H15F4N3O4S/c18-12-1-3-13(4-2-12)22-7-9-23(10-8-22)15-6-5-14(11-16(15)24(25)26)29(27,28)17(19,20)21/h1-6,11H,7-10H2. The number of hydrogen-bond donors (Lipinski definition) is 0. The Hall–Kier alpha value is -2.89. The summed E-state index contributed by atoms with van der Waals surface area (Å²) in [5, 5.41) is 11.4. The molecule has 12 heteroatoms. The zero-order valence-corrected chi connectivity index (χ0v) is 15.6. The van der Waals surface area contributed by atoms with Crippen molar-refractivity contribution in [2.24, 2.45) is 0 Å². The average Bonchev–Trinajstić information content (AvgIpc) is 2.67. The fraction of sp³-hybridized carbons (Fsp3) is 0.294. The van der Waals surface area contributed by atoms with E-state index in [1.165, 1.54) is 12.1 Å². The minimum atomic E-state index is -5.69. The maximum atomic E-state index is 13.0. The third kappa shape index (κ3) is 4.11. The molecule has 156 valence electrons. The Labute approximate surface area is 163 Å². The lowest BCUT2D eigenvalue weighted by atomic mass is 10.2. The Morgan fingerprint density at radius 1 is 0.931 bits per heavy atom. The first-order chi connectivity index (χ1) is 13.5.